The third-order valence-corrected chi connectivity index (χ3v) is 6.79. The molecule has 0 saturated heterocycles. The summed E-state index contributed by atoms with van der Waals surface area (Å²) in [6.07, 6.45) is 0.931. The first-order valence-electron chi connectivity index (χ1n) is 12.2. The number of carbonyl (C=O) groups is 1. The van der Waals surface area contributed by atoms with Gasteiger partial charge in [-0.05, 0) is 43.5 Å². The van der Waals surface area contributed by atoms with E-state index < -0.39 is 6.04 Å². The van der Waals surface area contributed by atoms with Crippen LogP contribution in [0.2, 0.25) is 0 Å². The minimum absolute atomic E-state index is 0.157. The third kappa shape index (κ3) is 4.10. The number of ether oxygens (including phenoxy) is 2. The van der Waals surface area contributed by atoms with Crippen LogP contribution in [0.3, 0.4) is 0 Å². The van der Waals surface area contributed by atoms with Crippen molar-refractivity contribution in [1.82, 2.24) is 15.5 Å². The van der Waals surface area contributed by atoms with Crippen molar-refractivity contribution < 1.29 is 18.8 Å². The maximum absolute atomic E-state index is 13.5. The highest BCUT2D eigenvalue weighted by Gasteiger charge is 2.37. The largest absolute Gasteiger partial charge is 0.454 e. The lowest BCUT2D eigenvalue weighted by Crippen LogP contribution is -2.46. The summed E-state index contributed by atoms with van der Waals surface area (Å²) in [5.74, 6) is 2.08. The molecule has 0 radical (unpaired) electrons. The van der Waals surface area contributed by atoms with E-state index >= 15 is 0 Å². The van der Waals surface area contributed by atoms with Crippen molar-refractivity contribution in [3.8, 4) is 22.9 Å². The van der Waals surface area contributed by atoms with Gasteiger partial charge in [0.15, 0.2) is 11.5 Å². The number of fused-ring (bicyclic) bond motifs is 1. The maximum atomic E-state index is 13.5. The van der Waals surface area contributed by atoms with Crippen LogP contribution < -0.4 is 19.7 Å². The predicted molar refractivity (Wildman–Crippen MR) is 139 cm³/mol. The molecule has 37 heavy (non-hydrogen) atoms. The second-order valence-electron chi connectivity index (χ2n) is 9.14. The molecule has 1 atom stereocenters. The molecular formula is C29H26N4O4. The molecule has 8 nitrogen and oxygen atoms in total. The van der Waals surface area contributed by atoms with Crippen LogP contribution in [-0.4, -0.2) is 23.0 Å². The highest BCUT2D eigenvalue weighted by Crippen LogP contribution is 2.42. The Kier molecular flexibility index (Phi) is 5.64. The highest BCUT2D eigenvalue weighted by molar-refractivity contribution is 6.01. The van der Waals surface area contributed by atoms with E-state index in [9.17, 15) is 4.79 Å². The Hall–Kier alpha value is -4.59. The number of anilines is 1. The average molecular weight is 495 g/mol. The smallest absolute Gasteiger partial charge is 0.327 e. The van der Waals surface area contributed by atoms with Crippen LogP contribution >= 0.6 is 0 Å². The molecule has 0 aliphatic carbocycles. The van der Waals surface area contributed by atoms with Gasteiger partial charge in [-0.1, -0.05) is 66.2 Å². The van der Waals surface area contributed by atoms with E-state index in [2.05, 4.69) is 29.5 Å². The third-order valence-electron chi connectivity index (χ3n) is 6.79. The van der Waals surface area contributed by atoms with Gasteiger partial charge in [0.2, 0.25) is 12.6 Å². The van der Waals surface area contributed by atoms with E-state index in [1.54, 1.807) is 17.0 Å². The van der Waals surface area contributed by atoms with Gasteiger partial charge in [-0.25, -0.2) is 4.79 Å². The summed E-state index contributed by atoms with van der Waals surface area (Å²) in [5, 5.41) is 7.41. The lowest BCUT2D eigenvalue weighted by atomic mass is 9.93. The number of allylic oxidation sites excluding steroid dienone is 1. The first-order valence-corrected chi connectivity index (χ1v) is 12.2. The number of carbonyl (C=O) groups excluding carboxylic acids is 1. The SMILES string of the molecule is CCc1ccc(C2NC(=O)N(c3ccc4c(c3)OCO4)C(C)=C2c2nc(-c3ccc(C)cc3)no2)cc1. The zero-order valence-corrected chi connectivity index (χ0v) is 20.8. The molecule has 0 saturated carbocycles. The van der Waals surface area contributed by atoms with Crippen molar-refractivity contribution in [2.24, 2.45) is 0 Å². The highest BCUT2D eigenvalue weighted by atomic mass is 16.7. The zero-order valence-electron chi connectivity index (χ0n) is 20.8. The van der Waals surface area contributed by atoms with E-state index in [0.29, 0.717) is 34.6 Å². The van der Waals surface area contributed by atoms with E-state index in [0.717, 1.165) is 28.7 Å². The Morgan fingerprint density at radius 2 is 1.73 bits per heavy atom. The number of hydrogen-bond acceptors (Lipinski definition) is 6. The van der Waals surface area contributed by atoms with E-state index in [1.807, 2.05) is 56.3 Å². The number of nitrogens with one attached hydrogen (secondary N) is 1. The second kappa shape index (κ2) is 9.13. The molecule has 3 heterocycles. The van der Waals surface area contributed by atoms with E-state index in [1.165, 1.54) is 5.56 Å². The molecule has 2 aliphatic heterocycles. The molecule has 1 aromatic heterocycles. The predicted octanol–water partition coefficient (Wildman–Crippen LogP) is 6.04. The van der Waals surface area contributed by atoms with Gasteiger partial charge in [-0.2, -0.15) is 4.98 Å². The van der Waals surface area contributed by atoms with Crippen LogP contribution in [0.4, 0.5) is 10.5 Å². The lowest BCUT2D eigenvalue weighted by molar-refractivity contribution is 0.174. The zero-order chi connectivity index (χ0) is 25.5. The first kappa shape index (κ1) is 22.8. The Bertz CT molecular complexity index is 1510. The fourth-order valence-electron chi connectivity index (χ4n) is 4.70. The summed E-state index contributed by atoms with van der Waals surface area (Å²) in [7, 11) is 0. The summed E-state index contributed by atoms with van der Waals surface area (Å²) in [6.45, 7) is 6.19. The quantitative estimate of drug-likeness (QED) is 0.364. The van der Waals surface area contributed by atoms with Gasteiger partial charge in [-0.3, -0.25) is 4.90 Å². The average Bonchev–Trinajstić information content (AvgIpc) is 3.59. The molecule has 186 valence electrons. The van der Waals surface area contributed by atoms with Crippen molar-refractivity contribution in [2.45, 2.75) is 33.2 Å². The fourth-order valence-corrected chi connectivity index (χ4v) is 4.70. The number of urea groups is 1. The van der Waals surface area contributed by atoms with E-state index in [-0.39, 0.29) is 12.8 Å². The summed E-state index contributed by atoms with van der Waals surface area (Å²) in [6, 6.07) is 20.9. The van der Waals surface area contributed by atoms with Gasteiger partial charge in [0.1, 0.15) is 0 Å². The topological polar surface area (TPSA) is 89.7 Å². The molecule has 1 N–H and O–H groups in total. The normalized spacial score (nSPS) is 16.8. The maximum Gasteiger partial charge on any atom is 0.327 e. The summed E-state index contributed by atoms with van der Waals surface area (Å²) in [5.41, 5.74) is 6.22. The first-order chi connectivity index (χ1) is 18.0. The van der Waals surface area contributed by atoms with Gasteiger partial charge < -0.3 is 19.3 Å². The molecule has 4 aromatic rings. The van der Waals surface area contributed by atoms with Gasteiger partial charge in [0.25, 0.3) is 5.89 Å². The van der Waals surface area contributed by atoms with Gasteiger partial charge in [0.05, 0.1) is 17.3 Å². The number of aryl methyl sites for hydroxylation is 2. The Morgan fingerprint density at radius 3 is 2.49 bits per heavy atom. The summed E-state index contributed by atoms with van der Waals surface area (Å²) >= 11 is 0. The molecule has 8 heteroatoms. The Balaban J connectivity index is 1.47. The lowest BCUT2D eigenvalue weighted by Gasteiger charge is -2.35. The Morgan fingerprint density at radius 1 is 0.973 bits per heavy atom. The Labute approximate surface area is 214 Å². The molecule has 0 fully saturated rings. The van der Waals surface area contributed by atoms with Crippen molar-refractivity contribution in [1.29, 1.82) is 0 Å². The minimum Gasteiger partial charge on any atom is -0.454 e. The van der Waals surface area contributed by atoms with Crippen LogP contribution in [0.15, 0.2) is 77.0 Å². The number of amides is 2. The summed E-state index contributed by atoms with van der Waals surface area (Å²) < 4.78 is 16.8. The molecule has 3 aromatic carbocycles. The number of nitrogens with zero attached hydrogens (tertiary/aromatic N) is 3. The monoisotopic (exact) mass is 494 g/mol. The second-order valence-corrected chi connectivity index (χ2v) is 9.14. The molecule has 1 unspecified atom stereocenters. The van der Waals surface area contributed by atoms with Gasteiger partial charge in [0, 0.05) is 17.3 Å². The van der Waals surface area contributed by atoms with Crippen LogP contribution in [0.25, 0.3) is 17.0 Å². The van der Waals surface area contributed by atoms with Crippen molar-refractivity contribution in [3.05, 3.63) is 95.0 Å². The van der Waals surface area contributed by atoms with E-state index in [4.69, 9.17) is 19.0 Å². The number of hydrogen-bond donors (Lipinski definition) is 1. The van der Waals surface area contributed by atoms with Crippen molar-refractivity contribution >= 4 is 17.3 Å². The molecular weight excluding hydrogens is 468 g/mol. The van der Waals surface area contributed by atoms with Crippen LogP contribution in [-0.2, 0) is 6.42 Å². The van der Waals surface area contributed by atoms with Gasteiger partial charge in [-0.15, -0.1) is 0 Å². The molecule has 0 spiro atoms. The molecule has 2 amide bonds. The molecule has 0 bridgehead atoms. The molecule has 2 aliphatic rings. The minimum atomic E-state index is -0.463. The summed E-state index contributed by atoms with van der Waals surface area (Å²) in [4.78, 5) is 19.8. The number of aromatic nitrogens is 2. The number of benzene rings is 3. The van der Waals surface area contributed by atoms with Crippen LogP contribution in [0.5, 0.6) is 11.5 Å². The molecule has 6 rings (SSSR count). The van der Waals surface area contributed by atoms with Crippen LogP contribution in [0.1, 0.15) is 42.5 Å². The van der Waals surface area contributed by atoms with Crippen LogP contribution in [0, 0.1) is 6.92 Å². The van der Waals surface area contributed by atoms with Crippen molar-refractivity contribution in [3.63, 3.8) is 0 Å². The number of rotatable bonds is 5. The van der Waals surface area contributed by atoms with Gasteiger partial charge >= 0.3 is 6.03 Å². The fraction of sp³-hybridized carbons (Fsp3) is 0.207. The van der Waals surface area contributed by atoms with Crippen molar-refractivity contribution in [2.75, 3.05) is 11.7 Å². The standard InChI is InChI=1S/C29H26N4O4/c1-4-19-7-11-20(12-8-19)26-25(28-31-27(32-37-28)21-9-5-17(2)6-10-21)18(3)33(29(34)30-26)22-13-14-23-24(15-22)36-16-35-23/h5-15,26H,4,16H2,1-3H3,(H,30,34).